The zero-order valence-electron chi connectivity index (χ0n) is 8.66. The highest BCUT2D eigenvalue weighted by Crippen LogP contribution is 2.28. The lowest BCUT2D eigenvalue weighted by molar-refractivity contribution is -0.132. The molecule has 3 heteroatoms. The smallest absolute Gasteiger partial charge is 0.330 e. The first-order valence-electron chi connectivity index (χ1n) is 5.22. The number of carboxylic acid groups (broad SMARTS) is 1. The lowest BCUT2D eigenvalue weighted by Crippen LogP contribution is -2.08. The van der Waals surface area contributed by atoms with Gasteiger partial charge in [-0.05, 0) is 19.8 Å². The summed E-state index contributed by atoms with van der Waals surface area (Å²) >= 11 is 1.90. The van der Waals surface area contributed by atoms with Crippen LogP contribution in [0.25, 0.3) is 0 Å². The molecule has 1 rings (SSSR count). The highest BCUT2D eigenvalue weighted by molar-refractivity contribution is 8.00. The van der Waals surface area contributed by atoms with Crippen LogP contribution in [0.3, 0.4) is 0 Å². The summed E-state index contributed by atoms with van der Waals surface area (Å²) in [6.45, 7) is 1.66. The Labute approximate surface area is 89.8 Å². The van der Waals surface area contributed by atoms with Crippen LogP contribution in [0.4, 0.5) is 0 Å². The van der Waals surface area contributed by atoms with E-state index in [4.69, 9.17) is 5.11 Å². The fourth-order valence-electron chi connectivity index (χ4n) is 1.63. The van der Waals surface area contributed by atoms with Crippen molar-refractivity contribution in [2.24, 2.45) is 0 Å². The van der Waals surface area contributed by atoms with Crippen LogP contribution in [-0.2, 0) is 4.79 Å². The molecule has 1 saturated carbocycles. The van der Waals surface area contributed by atoms with Crippen molar-refractivity contribution in [2.45, 2.75) is 44.3 Å². The lowest BCUT2D eigenvalue weighted by Gasteiger charge is -2.20. The van der Waals surface area contributed by atoms with Gasteiger partial charge < -0.3 is 5.11 Å². The van der Waals surface area contributed by atoms with Crippen LogP contribution in [0.1, 0.15) is 39.0 Å². The second-order valence-electron chi connectivity index (χ2n) is 3.79. The maximum absolute atomic E-state index is 10.5. The highest BCUT2D eigenvalue weighted by atomic mass is 32.2. The van der Waals surface area contributed by atoms with Gasteiger partial charge in [-0.25, -0.2) is 4.79 Å². The minimum absolute atomic E-state index is 0.466. The van der Waals surface area contributed by atoms with Crippen LogP contribution in [0, 0.1) is 0 Å². The molecule has 0 aromatic rings. The van der Waals surface area contributed by atoms with Gasteiger partial charge in [0.1, 0.15) is 0 Å². The van der Waals surface area contributed by atoms with E-state index < -0.39 is 5.97 Å². The molecule has 1 N–H and O–H groups in total. The molecular formula is C11H18O2S. The minimum Gasteiger partial charge on any atom is -0.478 e. The predicted octanol–water partition coefficient (Wildman–Crippen LogP) is 3.08. The summed E-state index contributed by atoms with van der Waals surface area (Å²) in [7, 11) is 0. The molecule has 0 aromatic heterocycles. The second-order valence-corrected chi connectivity index (χ2v) is 5.12. The molecule has 0 amide bonds. The van der Waals surface area contributed by atoms with E-state index in [9.17, 15) is 4.79 Å². The third-order valence-corrected chi connectivity index (χ3v) is 3.91. The van der Waals surface area contributed by atoms with Crippen LogP contribution in [0.5, 0.6) is 0 Å². The molecule has 80 valence electrons. The van der Waals surface area contributed by atoms with Crippen LogP contribution in [-0.4, -0.2) is 22.1 Å². The third-order valence-electron chi connectivity index (χ3n) is 2.61. The molecular weight excluding hydrogens is 196 g/mol. The Balaban J connectivity index is 2.19. The van der Waals surface area contributed by atoms with Gasteiger partial charge in [0.25, 0.3) is 0 Å². The number of hydrogen-bond acceptors (Lipinski definition) is 2. The molecule has 0 bridgehead atoms. The summed E-state index contributed by atoms with van der Waals surface area (Å²) in [5, 5.41) is 9.41. The van der Waals surface area contributed by atoms with Gasteiger partial charge >= 0.3 is 5.97 Å². The number of aliphatic carboxylic acids is 1. The van der Waals surface area contributed by atoms with Crippen molar-refractivity contribution in [3.63, 3.8) is 0 Å². The Kier molecular flexibility index (Phi) is 5.09. The quantitative estimate of drug-likeness (QED) is 0.731. The Morgan fingerprint density at radius 2 is 2.07 bits per heavy atom. The molecule has 0 radical (unpaired) electrons. The van der Waals surface area contributed by atoms with Crippen molar-refractivity contribution >= 4 is 17.7 Å². The molecule has 0 aliphatic heterocycles. The average Bonchev–Trinajstić information content (AvgIpc) is 2.19. The van der Waals surface area contributed by atoms with Gasteiger partial charge in [0.05, 0.1) is 0 Å². The van der Waals surface area contributed by atoms with E-state index in [2.05, 4.69) is 0 Å². The fourth-order valence-corrected chi connectivity index (χ4v) is 2.91. The van der Waals surface area contributed by atoms with Crippen molar-refractivity contribution in [2.75, 3.05) is 5.75 Å². The first kappa shape index (κ1) is 11.6. The van der Waals surface area contributed by atoms with Crippen molar-refractivity contribution in [1.29, 1.82) is 0 Å². The minimum atomic E-state index is -0.797. The van der Waals surface area contributed by atoms with Crippen LogP contribution < -0.4 is 0 Å². The average molecular weight is 214 g/mol. The van der Waals surface area contributed by atoms with Gasteiger partial charge in [0.2, 0.25) is 0 Å². The molecule has 0 spiro atoms. The largest absolute Gasteiger partial charge is 0.478 e. The van der Waals surface area contributed by atoms with E-state index >= 15 is 0 Å². The van der Waals surface area contributed by atoms with Gasteiger partial charge in [0, 0.05) is 16.6 Å². The van der Waals surface area contributed by atoms with E-state index in [1.54, 1.807) is 6.92 Å². The third kappa shape index (κ3) is 4.18. The fraction of sp³-hybridized carbons (Fsp3) is 0.727. The first-order valence-corrected chi connectivity index (χ1v) is 6.26. The number of thioether (sulfide) groups is 1. The molecule has 0 unspecified atom stereocenters. The molecule has 14 heavy (non-hydrogen) atoms. The van der Waals surface area contributed by atoms with Crippen molar-refractivity contribution < 1.29 is 9.90 Å². The van der Waals surface area contributed by atoms with Crippen molar-refractivity contribution in [3.8, 4) is 0 Å². The van der Waals surface area contributed by atoms with Crippen LogP contribution in [0.2, 0.25) is 0 Å². The van der Waals surface area contributed by atoms with Gasteiger partial charge in [-0.15, -0.1) is 0 Å². The van der Waals surface area contributed by atoms with E-state index in [-0.39, 0.29) is 0 Å². The summed E-state index contributed by atoms with van der Waals surface area (Å²) in [6, 6.07) is 0. The van der Waals surface area contributed by atoms with Crippen molar-refractivity contribution in [3.05, 3.63) is 11.6 Å². The normalized spacial score (nSPS) is 19.6. The summed E-state index contributed by atoms with van der Waals surface area (Å²) in [4.78, 5) is 10.5. The van der Waals surface area contributed by atoms with Crippen LogP contribution in [0.15, 0.2) is 11.6 Å². The van der Waals surface area contributed by atoms with Gasteiger partial charge in [-0.2, -0.15) is 11.8 Å². The SMILES string of the molecule is CC(=CCSC1CCCCC1)C(=O)O. The van der Waals surface area contributed by atoms with E-state index in [0.717, 1.165) is 11.0 Å². The molecule has 1 aliphatic carbocycles. The standard InChI is InChI=1S/C11H18O2S/c1-9(11(12)13)7-8-14-10-5-3-2-4-6-10/h7,10H,2-6,8H2,1H3,(H,12,13). The maximum atomic E-state index is 10.5. The van der Waals surface area contributed by atoms with Crippen molar-refractivity contribution in [1.82, 2.24) is 0 Å². The first-order chi connectivity index (χ1) is 6.70. The molecule has 0 saturated heterocycles. The molecule has 2 nitrogen and oxygen atoms in total. The summed E-state index contributed by atoms with van der Waals surface area (Å²) < 4.78 is 0. The topological polar surface area (TPSA) is 37.3 Å². The Morgan fingerprint density at radius 1 is 1.43 bits per heavy atom. The van der Waals surface area contributed by atoms with E-state index in [1.807, 2.05) is 17.8 Å². The summed E-state index contributed by atoms with van der Waals surface area (Å²) in [6.07, 6.45) is 8.51. The van der Waals surface area contributed by atoms with Gasteiger partial charge in [-0.3, -0.25) is 0 Å². The lowest BCUT2D eigenvalue weighted by atomic mass is 10.0. The van der Waals surface area contributed by atoms with E-state index in [1.165, 1.54) is 32.1 Å². The number of hydrogen-bond donors (Lipinski definition) is 1. The van der Waals surface area contributed by atoms with Gasteiger partial charge in [0.15, 0.2) is 0 Å². The molecule has 1 aliphatic rings. The molecule has 0 aromatic carbocycles. The molecule has 0 heterocycles. The zero-order chi connectivity index (χ0) is 10.4. The van der Waals surface area contributed by atoms with Gasteiger partial charge in [-0.1, -0.05) is 25.3 Å². The Morgan fingerprint density at radius 3 is 2.64 bits per heavy atom. The number of rotatable bonds is 4. The zero-order valence-corrected chi connectivity index (χ0v) is 9.48. The second kappa shape index (κ2) is 6.12. The predicted molar refractivity (Wildman–Crippen MR) is 60.7 cm³/mol. The van der Waals surface area contributed by atoms with Crippen LogP contribution >= 0.6 is 11.8 Å². The maximum Gasteiger partial charge on any atom is 0.330 e. The Bertz CT molecular complexity index is 217. The Hall–Kier alpha value is -0.440. The number of carboxylic acids is 1. The molecule has 1 fully saturated rings. The van der Waals surface area contributed by atoms with E-state index in [0.29, 0.717) is 5.57 Å². The monoisotopic (exact) mass is 214 g/mol. The number of carbonyl (C=O) groups is 1. The summed E-state index contributed by atoms with van der Waals surface area (Å²) in [5.41, 5.74) is 0.466. The highest BCUT2D eigenvalue weighted by Gasteiger charge is 2.12. The molecule has 0 atom stereocenters. The summed E-state index contributed by atoms with van der Waals surface area (Å²) in [5.74, 6) is 0.0530.